The van der Waals surface area contributed by atoms with Gasteiger partial charge in [0, 0.05) is 25.8 Å². The van der Waals surface area contributed by atoms with E-state index in [2.05, 4.69) is 10.6 Å². The Labute approximate surface area is 113 Å². The van der Waals surface area contributed by atoms with E-state index in [-0.39, 0.29) is 11.8 Å². The van der Waals surface area contributed by atoms with Gasteiger partial charge in [-0.1, -0.05) is 18.2 Å². The molecule has 1 unspecified atom stereocenters. The molecule has 1 aromatic carbocycles. The fourth-order valence-corrected chi connectivity index (χ4v) is 1.52. The second-order valence-corrected chi connectivity index (χ2v) is 4.20. The fourth-order valence-electron chi connectivity index (χ4n) is 1.52. The van der Waals surface area contributed by atoms with E-state index in [0.29, 0.717) is 18.7 Å². The summed E-state index contributed by atoms with van der Waals surface area (Å²) in [5, 5.41) is 5.40. The van der Waals surface area contributed by atoms with Crippen molar-refractivity contribution >= 4 is 11.8 Å². The molecular weight excluding hydrogens is 244 g/mol. The predicted octanol–water partition coefficient (Wildman–Crippen LogP) is 0.958. The summed E-state index contributed by atoms with van der Waals surface area (Å²) >= 11 is 0. The second-order valence-electron chi connectivity index (χ2n) is 4.20. The maximum Gasteiger partial charge on any atom is 0.251 e. The highest BCUT2D eigenvalue weighted by molar-refractivity contribution is 5.97. The molecule has 5 heteroatoms. The highest BCUT2D eigenvalue weighted by Gasteiger charge is 2.15. The summed E-state index contributed by atoms with van der Waals surface area (Å²) in [5.41, 5.74) is 0.543. The molecule has 0 bridgehead atoms. The summed E-state index contributed by atoms with van der Waals surface area (Å²) in [6.45, 7) is 2.80. The van der Waals surface area contributed by atoms with Crippen LogP contribution in [0.5, 0.6) is 0 Å². The Bertz CT molecular complexity index is 406. The average Bonchev–Trinajstić information content (AvgIpc) is 2.44. The number of rotatable bonds is 7. The third-order valence-electron chi connectivity index (χ3n) is 2.60. The van der Waals surface area contributed by atoms with Crippen molar-refractivity contribution in [1.29, 1.82) is 0 Å². The first-order valence-corrected chi connectivity index (χ1v) is 6.27. The fraction of sp³-hybridized carbons (Fsp3) is 0.429. The molecule has 19 heavy (non-hydrogen) atoms. The van der Waals surface area contributed by atoms with Gasteiger partial charge in [-0.3, -0.25) is 9.59 Å². The Morgan fingerprint density at radius 2 is 1.95 bits per heavy atom. The number of benzene rings is 1. The Hall–Kier alpha value is -1.88. The van der Waals surface area contributed by atoms with Crippen molar-refractivity contribution < 1.29 is 14.3 Å². The number of carbonyl (C=O) groups excluding carboxylic acids is 2. The molecule has 1 aromatic rings. The Kier molecular flexibility index (Phi) is 6.60. The van der Waals surface area contributed by atoms with E-state index in [1.165, 1.54) is 0 Å². The van der Waals surface area contributed by atoms with Gasteiger partial charge in [0.1, 0.15) is 6.04 Å². The molecule has 0 aliphatic rings. The van der Waals surface area contributed by atoms with E-state index in [9.17, 15) is 9.59 Å². The van der Waals surface area contributed by atoms with Gasteiger partial charge in [-0.05, 0) is 25.5 Å². The minimum atomic E-state index is -0.560. The zero-order chi connectivity index (χ0) is 14.1. The smallest absolute Gasteiger partial charge is 0.251 e. The summed E-state index contributed by atoms with van der Waals surface area (Å²) in [6.07, 6.45) is 0.752. The summed E-state index contributed by atoms with van der Waals surface area (Å²) in [5.74, 6) is -0.444. The van der Waals surface area contributed by atoms with Crippen LogP contribution >= 0.6 is 0 Å². The van der Waals surface area contributed by atoms with E-state index in [4.69, 9.17) is 4.74 Å². The Morgan fingerprint density at radius 3 is 2.58 bits per heavy atom. The van der Waals surface area contributed by atoms with Gasteiger partial charge < -0.3 is 15.4 Å². The number of nitrogens with one attached hydrogen (secondary N) is 2. The van der Waals surface area contributed by atoms with Crippen LogP contribution in [0.1, 0.15) is 23.7 Å². The molecule has 0 spiro atoms. The van der Waals surface area contributed by atoms with Crippen molar-refractivity contribution in [3.05, 3.63) is 35.9 Å². The summed E-state index contributed by atoms with van der Waals surface area (Å²) in [6, 6.07) is 8.25. The average molecular weight is 264 g/mol. The molecule has 5 nitrogen and oxygen atoms in total. The third kappa shape index (κ3) is 5.52. The maximum atomic E-state index is 11.8. The zero-order valence-electron chi connectivity index (χ0n) is 11.3. The Morgan fingerprint density at radius 1 is 1.26 bits per heavy atom. The van der Waals surface area contributed by atoms with E-state index in [1.807, 2.05) is 6.07 Å². The van der Waals surface area contributed by atoms with Crippen LogP contribution in [0.15, 0.2) is 30.3 Å². The lowest BCUT2D eigenvalue weighted by atomic mass is 10.2. The van der Waals surface area contributed by atoms with E-state index >= 15 is 0 Å². The van der Waals surface area contributed by atoms with Crippen molar-refractivity contribution in [2.45, 2.75) is 19.4 Å². The molecule has 0 radical (unpaired) electrons. The number of carbonyl (C=O) groups is 2. The van der Waals surface area contributed by atoms with Crippen LogP contribution in [-0.4, -0.2) is 38.1 Å². The lowest BCUT2D eigenvalue weighted by Gasteiger charge is -2.14. The van der Waals surface area contributed by atoms with Gasteiger partial charge >= 0.3 is 0 Å². The number of methoxy groups -OCH3 is 1. The zero-order valence-corrected chi connectivity index (χ0v) is 11.3. The monoisotopic (exact) mass is 264 g/mol. The van der Waals surface area contributed by atoms with Crippen molar-refractivity contribution in [3.63, 3.8) is 0 Å². The highest BCUT2D eigenvalue weighted by atomic mass is 16.5. The lowest BCUT2D eigenvalue weighted by molar-refractivity contribution is -0.122. The second kappa shape index (κ2) is 8.26. The first kappa shape index (κ1) is 15.2. The first-order valence-electron chi connectivity index (χ1n) is 6.27. The number of amides is 2. The molecule has 0 aliphatic carbocycles. The van der Waals surface area contributed by atoms with Gasteiger partial charge in [0.15, 0.2) is 0 Å². The number of hydrogen-bond donors (Lipinski definition) is 2. The third-order valence-corrected chi connectivity index (χ3v) is 2.60. The molecule has 0 heterocycles. The summed E-state index contributed by atoms with van der Waals surface area (Å²) in [4.78, 5) is 23.5. The van der Waals surface area contributed by atoms with Crippen LogP contribution in [0.2, 0.25) is 0 Å². The molecule has 1 atom stereocenters. The van der Waals surface area contributed by atoms with Crippen LogP contribution < -0.4 is 10.6 Å². The van der Waals surface area contributed by atoms with Crippen molar-refractivity contribution in [2.75, 3.05) is 20.3 Å². The van der Waals surface area contributed by atoms with Crippen LogP contribution in [-0.2, 0) is 9.53 Å². The van der Waals surface area contributed by atoms with Crippen LogP contribution in [0, 0.1) is 0 Å². The SMILES string of the molecule is COCCCNC(=O)C(C)NC(=O)c1ccccc1. The molecule has 0 aromatic heterocycles. The molecule has 0 aliphatic heterocycles. The van der Waals surface area contributed by atoms with Crippen LogP contribution in [0.3, 0.4) is 0 Å². The molecule has 2 N–H and O–H groups in total. The lowest BCUT2D eigenvalue weighted by Crippen LogP contribution is -2.45. The van der Waals surface area contributed by atoms with Gasteiger partial charge in [-0.15, -0.1) is 0 Å². The normalized spacial score (nSPS) is 11.7. The first-order chi connectivity index (χ1) is 9.15. The van der Waals surface area contributed by atoms with Crippen molar-refractivity contribution in [1.82, 2.24) is 10.6 Å². The number of hydrogen-bond acceptors (Lipinski definition) is 3. The molecule has 0 saturated carbocycles. The van der Waals surface area contributed by atoms with Gasteiger partial charge in [-0.2, -0.15) is 0 Å². The molecule has 104 valence electrons. The van der Waals surface area contributed by atoms with E-state index in [0.717, 1.165) is 6.42 Å². The van der Waals surface area contributed by atoms with E-state index < -0.39 is 6.04 Å². The topological polar surface area (TPSA) is 67.4 Å². The minimum Gasteiger partial charge on any atom is -0.385 e. The van der Waals surface area contributed by atoms with Gasteiger partial charge in [0.25, 0.3) is 5.91 Å². The Balaban J connectivity index is 2.35. The molecule has 1 rings (SSSR count). The van der Waals surface area contributed by atoms with Gasteiger partial charge in [0.05, 0.1) is 0 Å². The molecule has 0 saturated heterocycles. The number of ether oxygens (including phenoxy) is 1. The van der Waals surface area contributed by atoms with Gasteiger partial charge in [0.2, 0.25) is 5.91 Å². The van der Waals surface area contributed by atoms with Crippen molar-refractivity contribution in [3.8, 4) is 0 Å². The predicted molar refractivity (Wildman–Crippen MR) is 72.9 cm³/mol. The standard InChI is InChI=1S/C14H20N2O3/c1-11(13(17)15-9-6-10-19-2)16-14(18)12-7-4-3-5-8-12/h3-5,7-8,11H,6,9-10H2,1-2H3,(H,15,17)(H,16,18). The van der Waals surface area contributed by atoms with Gasteiger partial charge in [-0.25, -0.2) is 0 Å². The summed E-state index contributed by atoms with van der Waals surface area (Å²) in [7, 11) is 1.62. The largest absolute Gasteiger partial charge is 0.385 e. The molecular formula is C14H20N2O3. The quantitative estimate of drug-likeness (QED) is 0.721. The highest BCUT2D eigenvalue weighted by Crippen LogP contribution is 1.98. The maximum absolute atomic E-state index is 11.8. The van der Waals surface area contributed by atoms with Crippen LogP contribution in [0.4, 0.5) is 0 Å². The van der Waals surface area contributed by atoms with Crippen LogP contribution in [0.25, 0.3) is 0 Å². The molecule has 0 fully saturated rings. The molecule has 2 amide bonds. The van der Waals surface area contributed by atoms with E-state index in [1.54, 1.807) is 38.3 Å². The van der Waals surface area contributed by atoms with Crippen molar-refractivity contribution in [2.24, 2.45) is 0 Å². The minimum absolute atomic E-state index is 0.194. The summed E-state index contributed by atoms with van der Waals surface area (Å²) < 4.78 is 4.89.